The quantitative estimate of drug-likeness (QED) is 0.728. The average molecular weight is 224 g/mol. The first-order valence-corrected chi connectivity index (χ1v) is 6.67. The summed E-state index contributed by atoms with van der Waals surface area (Å²) in [5, 5.41) is 1.25. The first kappa shape index (κ1) is 12.4. The third kappa shape index (κ3) is 2.90. The molecular weight excluding hydrogens is 204 g/mol. The second-order valence-corrected chi connectivity index (χ2v) is 6.87. The van der Waals surface area contributed by atoms with Gasteiger partial charge in [-0.05, 0) is 16.2 Å². The SMILES string of the molecule is CO[SiH](OC)c1ccccc1C(C)(C)C. The molecule has 0 aliphatic heterocycles. The normalized spacial score (nSPS) is 12.1. The van der Waals surface area contributed by atoms with Gasteiger partial charge in [0.2, 0.25) is 0 Å². The Morgan fingerprint density at radius 1 is 1.00 bits per heavy atom. The summed E-state index contributed by atoms with van der Waals surface area (Å²) in [5.74, 6) is 0. The van der Waals surface area contributed by atoms with E-state index >= 15 is 0 Å². The molecule has 0 aliphatic carbocycles. The van der Waals surface area contributed by atoms with Crippen molar-refractivity contribution in [2.24, 2.45) is 0 Å². The van der Waals surface area contributed by atoms with Crippen molar-refractivity contribution >= 4 is 14.5 Å². The molecule has 0 aliphatic rings. The lowest BCUT2D eigenvalue weighted by molar-refractivity contribution is 0.291. The van der Waals surface area contributed by atoms with Gasteiger partial charge in [-0.1, -0.05) is 45.0 Å². The molecule has 1 aromatic rings. The highest BCUT2D eigenvalue weighted by Gasteiger charge is 2.23. The zero-order chi connectivity index (χ0) is 11.5. The zero-order valence-corrected chi connectivity index (χ0v) is 11.4. The molecule has 0 saturated heterocycles. The van der Waals surface area contributed by atoms with E-state index in [-0.39, 0.29) is 5.41 Å². The standard InChI is InChI=1S/C12H20O2Si/c1-12(2,3)10-8-6-7-9-11(10)15(13-4)14-5/h6-9,15H,1-5H3. The number of hydrogen-bond donors (Lipinski definition) is 0. The van der Waals surface area contributed by atoms with Crippen LogP contribution in [-0.2, 0) is 14.3 Å². The lowest BCUT2D eigenvalue weighted by Crippen LogP contribution is -2.40. The van der Waals surface area contributed by atoms with Gasteiger partial charge >= 0.3 is 9.28 Å². The Balaban J connectivity index is 3.17. The lowest BCUT2D eigenvalue weighted by atomic mass is 9.87. The summed E-state index contributed by atoms with van der Waals surface area (Å²) in [6.07, 6.45) is 0. The molecule has 0 radical (unpaired) electrons. The summed E-state index contributed by atoms with van der Waals surface area (Å²) in [7, 11) is 1.75. The Morgan fingerprint density at radius 2 is 1.53 bits per heavy atom. The molecule has 15 heavy (non-hydrogen) atoms. The van der Waals surface area contributed by atoms with Gasteiger partial charge in [-0.25, -0.2) is 0 Å². The van der Waals surface area contributed by atoms with Crippen LogP contribution in [0.3, 0.4) is 0 Å². The molecule has 84 valence electrons. The minimum atomic E-state index is -1.69. The number of benzene rings is 1. The maximum atomic E-state index is 5.44. The highest BCUT2D eigenvalue weighted by Crippen LogP contribution is 2.20. The molecule has 0 spiro atoms. The Kier molecular flexibility index (Phi) is 4.08. The average Bonchev–Trinajstić information content (AvgIpc) is 2.19. The maximum Gasteiger partial charge on any atom is 0.355 e. The topological polar surface area (TPSA) is 18.5 Å². The van der Waals surface area contributed by atoms with E-state index in [4.69, 9.17) is 8.85 Å². The third-order valence-electron chi connectivity index (χ3n) is 2.45. The van der Waals surface area contributed by atoms with Crippen molar-refractivity contribution < 1.29 is 8.85 Å². The van der Waals surface area contributed by atoms with Crippen LogP contribution in [0.15, 0.2) is 24.3 Å². The smallest absolute Gasteiger partial charge is 0.355 e. The Bertz CT molecular complexity index is 314. The van der Waals surface area contributed by atoms with Crippen molar-refractivity contribution in [3.05, 3.63) is 29.8 Å². The number of rotatable bonds is 3. The highest BCUT2D eigenvalue weighted by atomic mass is 28.3. The molecule has 0 fully saturated rings. The molecule has 0 unspecified atom stereocenters. The van der Waals surface area contributed by atoms with Crippen molar-refractivity contribution in [2.45, 2.75) is 26.2 Å². The van der Waals surface area contributed by atoms with Gasteiger partial charge in [-0.2, -0.15) is 0 Å². The summed E-state index contributed by atoms with van der Waals surface area (Å²) in [5.41, 5.74) is 1.46. The molecule has 0 aromatic heterocycles. The van der Waals surface area contributed by atoms with Gasteiger partial charge in [-0.15, -0.1) is 0 Å². The van der Waals surface area contributed by atoms with Crippen LogP contribution < -0.4 is 5.19 Å². The van der Waals surface area contributed by atoms with E-state index < -0.39 is 9.28 Å². The van der Waals surface area contributed by atoms with E-state index in [9.17, 15) is 0 Å². The summed E-state index contributed by atoms with van der Waals surface area (Å²) >= 11 is 0. The first-order chi connectivity index (χ1) is 7.00. The Hall–Kier alpha value is -0.643. The Morgan fingerprint density at radius 3 is 2.00 bits per heavy atom. The molecule has 3 heteroatoms. The molecular formula is C12H20O2Si. The van der Waals surface area contributed by atoms with E-state index in [0.717, 1.165) is 0 Å². The molecule has 2 nitrogen and oxygen atoms in total. The second kappa shape index (κ2) is 4.92. The molecule has 0 N–H and O–H groups in total. The molecule has 0 amide bonds. The molecule has 1 rings (SSSR count). The van der Waals surface area contributed by atoms with Crippen molar-refractivity contribution in [2.75, 3.05) is 14.2 Å². The summed E-state index contributed by atoms with van der Waals surface area (Å²) in [6, 6.07) is 8.39. The van der Waals surface area contributed by atoms with Crippen LogP contribution in [0.25, 0.3) is 0 Å². The van der Waals surface area contributed by atoms with Crippen LogP contribution >= 0.6 is 0 Å². The lowest BCUT2D eigenvalue weighted by Gasteiger charge is -2.25. The van der Waals surface area contributed by atoms with Gasteiger partial charge in [0.25, 0.3) is 0 Å². The monoisotopic (exact) mass is 224 g/mol. The molecule has 0 heterocycles. The molecule has 0 saturated carbocycles. The van der Waals surface area contributed by atoms with Gasteiger partial charge < -0.3 is 8.85 Å². The van der Waals surface area contributed by atoms with Crippen LogP contribution in [0.1, 0.15) is 26.3 Å². The van der Waals surface area contributed by atoms with Crippen LogP contribution in [0, 0.1) is 0 Å². The summed E-state index contributed by atoms with van der Waals surface area (Å²) in [6.45, 7) is 6.63. The summed E-state index contributed by atoms with van der Waals surface area (Å²) < 4.78 is 10.9. The number of hydrogen-bond acceptors (Lipinski definition) is 2. The predicted molar refractivity (Wildman–Crippen MR) is 65.9 cm³/mol. The minimum Gasteiger partial charge on any atom is -0.397 e. The maximum absolute atomic E-state index is 5.44. The predicted octanol–water partition coefficient (Wildman–Crippen LogP) is 1.70. The Labute approximate surface area is 94.1 Å². The van der Waals surface area contributed by atoms with Gasteiger partial charge in [0.1, 0.15) is 0 Å². The zero-order valence-electron chi connectivity index (χ0n) is 10.2. The minimum absolute atomic E-state index is 0.138. The highest BCUT2D eigenvalue weighted by molar-refractivity contribution is 6.61. The fourth-order valence-electron chi connectivity index (χ4n) is 1.74. The van der Waals surface area contributed by atoms with Crippen LogP contribution in [0.2, 0.25) is 0 Å². The fourth-order valence-corrected chi connectivity index (χ4v) is 3.49. The van der Waals surface area contributed by atoms with Crippen molar-refractivity contribution in [3.63, 3.8) is 0 Å². The van der Waals surface area contributed by atoms with Gasteiger partial charge in [0.05, 0.1) is 0 Å². The van der Waals surface area contributed by atoms with Gasteiger partial charge in [0, 0.05) is 14.2 Å². The van der Waals surface area contributed by atoms with E-state index in [1.54, 1.807) is 14.2 Å². The van der Waals surface area contributed by atoms with Gasteiger partial charge in [0.15, 0.2) is 0 Å². The van der Waals surface area contributed by atoms with Crippen LogP contribution in [-0.4, -0.2) is 23.5 Å². The van der Waals surface area contributed by atoms with Gasteiger partial charge in [-0.3, -0.25) is 0 Å². The largest absolute Gasteiger partial charge is 0.397 e. The van der Waals surface area contributed by atoms with E-state index in [1.165, 1.54) is 10.8 Å². The molecule has 1 aromatic carbocycles. The summed E-state index contributed by atoms with van der Waals surface area (Å²) in [4.78, 5) is 0. The second-order valence-electron chi connectivity index (χ2n) is 4.64. The van der Waals surface area contributed by atoms with E-state index in [0.29, 0.717) is 0 Å². The van der Waals surface area contributed by atoms with Crippen molar-refractivity contribution in [3.8, 4) is 0 Å². The molecule has 0 bridgehead atoms. The first-order valence-electron chi connectivity index (χ1n) is 5.15. The van der Waals surface area contributed by atoms with E-state index in [1.807, 2.05) is 6.07 Å². The third-order valence-corrected chi connectivity index (χ3v) is 4.32. The van der Waals surface area contributed by atoms with Crippen LogP contribution in [0.5, 0.6) is 0 Å². The fraction of sp³-hybridized carbons (Fsp3) is 0.500. The van der Waals surface area contributed by atoms with Crippen LogP contribution in [0.4, 0.5) is 0 Å². The van der Waals surface area contributed by atoms with E-state index in [2.05, 4.69) is 39.0 Å². The van der Waals surface area contributed by atoms with Crippen molar-refractivity contribution in [1.29, 1.82) is 0 Å². The van der Waals surface area contributed by atoms with Crippen molar-refractivity contribution in [1.82, 2.24) is 0 Å². The molecule has 0 atom stereocenters.